The van der Waals surface area contributed by atoms with Crippen molar-refractivity contribution in [3.63, 3.8) is 0 Å². The topological polar surface area (TPSA) is 3.24 Å². The van der Waals surface area contributed by atoms with Crippen LogP contribution in [-0.2, 0) is 5.33 Å². The highest BCUT2D eigenvalue weighted by Crippen LogP contribution is 2.33. The molecule has 0 bridgehead atoms. The van der Waals surface area contributed by atoms with Crippen LogP contribution in [0.4, 0.5) is 5.69 Å². The number of alkyl halides is 1. The molecule has 0 N–H and O–H groups in total. The van der Waals surface area contributed by atoms with Crippen molar-refractivity contribution in [3.8, 4) is 0 Å². The van der Waals surface area contributed by atoms with Gasteiger partial charge in [-0.3, -0.25) is 0 Å². The van der Waals surface area contributed by atoms with Gasteiger partial charge in [0.15, 0.2) is 0 Å². The maximum absolute atomic E-state index is 3.60. The molecule has 2 unspecified atom stereocenters. The van der Waals surface area contributed by atoms with Gasteiger partial charge in [0, 0.05) is 28.1 Å². The molecule has 0 saturated carbocycles. The van der Waals surface area contributed by atoms with E-state index < -0.39 is 0 Å². The van der Waals surface area contributed by atoms with Crippen LogP contribution in [0.2, 0.25) is 0 Å². The summed E-state index contributed by atoms with van der Waals surface area (Å²) in [4.78, 5) is 2.57. The predicted octanol–water partition coefficient (Wildman–Crippen LogP) is 4.97. The largest absolute Gasteiger partial charge is 0.368 e. The minimum Gasteiger partial charge on any atom is -0.368 e. The molecule has 1 aromatic rings. The molecule has 1 nitrogen and oxygen atoms in total. The minimum absolute atomic E-state index is 0.641. The zero-order valence-corrected chi connectivity index (χ0v) is 13.6. The van der Waals surface area contributed by atoms with Crippen LogP contribution in [-0.4, -0.2) is 12.6 Å². The lowest BCUT2D eigenvalue weighted by Crippen LogP contribution is -2.42. The third-order valence-corrected chi connectivity index (χ3v) is 4.97. The molecule has 0 aliphatic carbocycles. The third-order valence-electron chi connectivity index (χ3n) is 3.87. The summed E-state index contributed by atoms with van der Waals surface area (Å²) in [6.45, 7) is 5.90. The van der Waals surface area contributed by atoms with Gasteiger partial charge in [-0.1, -0.05) is 38.8 Å². The lowest BCUT2D eigenvalue weighted by atomic mass is 9.91. The van der Waals surface area contributed by atoms with Gasteiger partial charge in [0.05, 0.1) is 0 Å². The third kappa shape index (κ3) is 2.87. The average Bonchev–Trinajstić information content (AvgIpc) is 2.33. The summed E-state index contributed by atoms with van der Waals surface area (Å²) < 4.78 is 1.16. The summed E-state index contributed by atoms with van der Waals surface area (Å²) in [5, 5.41) is 0.916. The molecule has 1 aliphatic heterocycles. The Morgan fingerprint density at radius 3 is 2.82 bits per heavy atom. The molecule has 1 aliphatic rings. The molecule has 0 amide bonds. The lowest BCUT2D eigenvalue weighted by molar-refractivity contribution is 0.363. The normalized spacial score (nSPS) is 25.1. The SMILES string of the molecule is CC1CCCN(c2ccc(Br)cc2CBr)C1C. The van der Waals surface area contributed by atoms with E-state index in [9.17, 15) is 0 Å². The van der Waals surface area contributed by atoms with E-state index in [4.69, 9.17) is 0 Å². The molecule has 1 fully saturated rings. The number of rotatable bonds is 2. The van der Waals surface area contributed by atoms with E-state index in [0.717, 1.165) is 15.7 Å². The quantitative estimate of drug-likeness (QED) is 0.673. The molecule has 0 aromatic heterocycles. The fraction of sp³-hybridized carbons (Fsp3) is 0.571. The van der Waals surface area contributed by atoms with Crippen LogP contribution in [0.3, 0.4) is 0 Å². The summed E-state index contributed by atoms with van der Waals surface area (Å²) >= 11 is 7.15. The number of piperidine rings is 1. The van der Waals surface area contributed by atoms with Gasteiger partial charge in [-0.25, -0.2) is 0 Å². The average molecular weight is 361 g/mol. The molecule has 2 atom stereocenters. The Bertz CT molecular complexity index is 392. The molecule has 1 saturated heterocycles. The van der Waals surface area contributed by atoms with Crippen LogP contribution >= 0.6 is 31.9 Å². The second kappa shape index (κ2) is 5.75. The summed E-state index contributed by atoms with van der Waals surface area (Å²) in [7, 11) is 0. The standard InChI is InChI=1S/C14H19Br2N/c1-10-4-3-7-17(11(10)2)14-6-5-13(16)8-12(14)9-15/h5-6,8,10-11H,3-4,7,9H2,1-2H3. The Morgan fingerprint density at radius 2 is 2.12 bits per heavy atom. The number of hydrogen-bond donors (Lipinski definition) is 0. The molecule has 2 rings (SSSR count). The number of halogens is 2. The van der Waals surface area contributed by atoms with Crippen molar-refractivity contribution in [1.29, 1.82) is 0 Å². The maximum Gasteiger partial charge on any atom is 0.0410 e. The van der Waals surface area contributed by atoms with Crippen molar-refractivity contribution >= 4 is 37.5 Å². The Kier molecular flexibility index (Phi) is 4.53. The van der Waals surface area contributed by atoms with E-state index in [-0.39, 0.29) is 0 Å². The highest BCUT2D eigenvalue weighted by molar-refractivity contribution is 9.10. The Balaban J connectivity index is 2.32. The predicted molar refractivity (Wildman–Crippen MR) is 82.0 cm³/mol. The van der Waals surface area contributed by atoms with Gasteiger partial charge in [0.25, 0.3) is 0 Å². The van der Waals surface area contributed by atoms with Crippen LogP contribution in [0.5, 0.6) is 0 Å². The molecule has 0 spiro atoms. The molecule has 3 heteroatoms. The smallest absolute Gasteiger partial charge is 0.0410 e. The summed E-state index contributed by atoms with van der Waals surface area (Å²) in [6.07, 6.45) is 2.67. The van der Waals surface area contributed by atoms with E-state index in [1.54, 1.807) is 0 Å². The summed E-state index contributed by atoms with van der Waals surface area (Å²) in [5.41, 5.74) is 2.77. The Labute approximate surface area is 121 Å². The molecule has 94 valence electrons. The van der Waals surface area contributed by atoms with E-state index in [1.807, 2.05) is 0 Å². The first-order valence-corrected chi connectivity index (χ1v) is 8.16. The second-order valence-electron chi connectivity index (χ2n) is 4.96. The monoisotopic (exact) mass is 359 g/mol. The first-order valence-electron chi connectivity index (χ1n) is 6.24. The van der Waals surface area contributed by atoms with Crippen molar-refractivity contribution in [2.75, 3.05) is 11.4 Å². The van der Waals surface area contributed by atoms with Gasteiger partial charge in [-0.05, 0) is 49.4 Å². The first kappa shape index (κ1) is 13.4. The van der Waals surface area contributed by atoms with Crippen molar-refractivity contribution in [2.45, 2.75) is 38.1 Å². The van der Waals surface area contributed by atoms with Crippen molar-refractivity contribution in [3.05, 3.63) is 28.2 Å². The van der Waals surface area contributed by atoms with Gasteiger partial charge in [-0.2, -0.15) is 0 Å². The van der Waals surface area contributed by atoms with Crippen molar-refractivity contribution in [1.82, 2.24) is 0 Å². The van der Waals surface area contributed by atoms with Crippen LogP contribution in [0, 0.1) is 5.92 Å². The number of benzene rings is 1. The fourth-order valence-corrected chi connectivity index (χ4v) is 3.47. The Morgan fingerprint density at radius 1 is 1.35 bits per heavy atom. The number of nitrogens with zero attached hydrogens (tertiary/aromatic N) is 1. The van der Waals surface area contributed by atoms with Crippen LogP contribution < -0.4 is 4.90 Å². The number of hydrogen-bond acceptors (Lipinski definition) is 1. The van der Waals surface area contributed by atoms with Crippen LogP contribution in [0.15, 0.2) is 22.7 Å². The maximum atomic E-state index is 3.60. The van der Waals surface area contributed by atoms with Gasteiger partial charge in [-0.15, -0.1) is 0 Å². The second-order valence-corrected chi connectivity index (χ2v) is 6.44. The summed E-state index contributed by atoms with van der Waals surface area (Å²) in [6, 6.07) is 7.25. The van der Waals surface area contributed by atoms with Crippen LogP contribution in [0.1, 0.15) is 32.3 Å². The zero-order chi connectivity index (χ0) is 12.4. The molecular weight excluding hydrogens is 342 g/mol. The molecular formula is C14H19Br2N. The zero-order valence-electron chi connectivity index (χ0n) is 10.4. The van der Waals surface area contributed by atoms with E-state index in [2.05, 4.69) is 68.8 Å². The van der Waals surface area contributed by atoms with Gasteiger partial charge < -0.3 is 4.90 Å². The van der Waals surface area contributed by atoms with E-state index in [1.165, 1.54) is 30.6 Å². The van der Waals surface area contributed by atoms with Crippen molar-refractivity contribution in [2.24, 2.45) is 5.92 Å². The first-order chi connectivity index (χ1) is 8.13. The van der Waals surface area contributed by atoms with Gasteiger partial charge in [0.1, 0.15) is 0 Å². The minimum atomic E-state index is 0.641. The molecule has 0 radical (unpaired) electrons. The molecule has 17 heavy (non-hydrogen) atoms. The van der Waals surface area contributed by atoms with Gasteiger partial charge >= 0.3 is 0 Å². The van der Waals surface area contributed by atoms with E-state index >= 15 is 0 Å². The summed E-state index contributed by atoms with van der Waals surface area (Å²) in [5.74, 6) is 0.788. The van der Waals surface area contributed by atoms with Crippen molar-refractivity contribution < 1.29 is 0 Å². The lowest BCUT2D eigenvalue weighted by Gasteiger charge is -2.40. The van der Waals surface area contributed by atoms with Crippen LogP contribution in [0.25, 0.3) is 0 Å². The van der Waals surface area contributed by atoms with Gasteiger partial charge in [0.2, 0.25) is 0 Å². The number of anilines is 1. The highest BCUT2D eigenvalue weighted by atomic mass is 79.9. The Hall–Kier alpha value is -0.0200. The highest BCUT2D eigenvalue weighted by Gasteiger charge is 2.25. The fourth-order valence-electron chi connectivity index (χ4n) is 2.62. The molecule has 1 aromatic carbocycles. The van der Waals surface area contributed by atoms with E-state index in [0.29, 0.717) is 6.04 Å². The molecule has 1 heterocycles.